The average molecular weight is 276 g/mol. The number of aryl methyl sites for hydroxylation is 2. The number of hydrogen-bond donors (Lipinski definition) is 2. The second-order valence-electron chi connectivity index (χ2n) is 5.26. The van der Waals surface area contributed by atoms with Gasteiger partial charge in [0.1, 0.15) is 5.76 Å². The highest BCUT2D eigenvalue weighted by atomic mass is 16.5. The molecule has 0 aliphatic heterocycles. The Kier molecular flexibility index (Phi) is 5.21. The molecule has 1 atom stereocenters. The predicted octanol–water partition coefficient (Wildman–Crippen LogP) is 2.31. The van der Waals surface area contributed by atoms with E-state index in [0.717, 1.165) is 35.9 Å². The van der Waals surface area contributed by atoms with Gasteiger partial charge in [0.25, 0.3) is 0 Å². The minimum absolute atomic E-state index is 0.686. The number of guanidine groups is 1. The van der Waals surface area contributed by atoms with Crippen LogP contribution in [0, 0.1) is 19.8 Å². The van der Waals surface area contributed by atoms with Gasteiger partial charge in [-0.2, -0.15) is 0 Å². The number of hydrogen-bond acceptors (Lipinski definition) is 3. The molecule has 1 aromatic rings. The molecule has 0 bridgehead atoms. The number of nitrogens with zero attached hydrogens (tertiary/aromatic N) is 2. The molecule has 1 aromatic heterocycles. The van der Waals surface area contributed by atoms with E-state index in [1.807, 2.05) is 13.8 Å². The Balaban J connectivity index is 1.79. The van der Waals surface area contributed by atoms with Crippen molar-refractivity contribution >= 4 is 5.96 Å². The lowest BCUT2D eigenvalue weighted by atomic mass is 9.94. The zero-order valence-corrected chi connectivity index (χ0v) is 12.6. The van der Waals surface area contributed by atoms with Crippen LogP contribution in [0.4, 0.5) is 0 Å². The van der Waals surface area contributed by atoms with E-state index >= 15 is 0 Å². The number of aliphatic imine (C=N–C) groups is 1. The minimum Gasteiger partial charge on any atom is -0.361 e. The lowest BCUT2D eigenvalue weighted by Gasteiger charge is -2.20. The summed E-state index contributed by atoms with van der Waals surface area (Å²) < 4.78 is 5.16. The molecule has 1 aliphatic rings. The monoisotopic (exact) mass is 276 g/mol. The van der Waals surface area contributed by atoms with Gasteiger partial charge in [-0.05, 0) is 39.0 Å². The fourth-order valence-corrected chi connectivity index (χ4v) is 2.43. The maximum absolute atomic E-state index is 5.16. The molecule has 0 aromatic carbocycles. The molecule has 0 amide bonds. The first-order valence-electron chi connectivity index (χ1n) is 7.22. The second-order valence-corrected chi connectivity index (χ2v) is 5.26. The van der Waals surface area contributed by atoms with Crippen molar-refractivity contribution in [3.05, 3.63) is 29.2 Å². The predicted molar refractivity (Wildman–Crippen MR) is 80.7 cm³/mol. The van der Waals surface area contributed by atoms with Gasteiger partial charge in [0.2, 0.25) is 0 Å². The summed E-state index contributed by atoms with van der Waals surface area (Å²) in [5.41, 5.74) is 2.04. The van der Waals surface area contributed by atoms with E-state index < -0.39 is 0 Å². The Hall–Kier alpha value is -1.78. The van der Waals surface area contributed by atoms with Crippen LogP contribution in [0.2, 0.25) is 0 Å². The average Bonchev–Trinajstić information content (AvgIpc) is 2.80. The van der Waals surface area contributed by atoms with Crippen molar-refractivity contribution < 1.29 is 4.52 Å². The van der Waals surface area contributed by atoms with Gasteiger partial charge in [-0.25, -0.2) is 0 Å². The Morgan fingerprint density at radius 2 is 2.25 bits per heavy atom. The number of rotatable bonds is 4. The third kappa shape index (κ3) is 3.85. The first-order valence-corrected chi connectivity index (χ1v) is 7.22. The molecule has 1 heterocycles. The summed E-state index contributed by atoms with van der Waals surface area (Å²) in [6, 6.07) is 0. The fraction of sp³-hybridized carbons (Fsp3) is 0.600. The van der Waals surface area contributed by atoms with Crippen LogP contribution in [0.15, 0.2) is 21.7 Å². The van der Waals surface area contributed by atoms with Crippen LogP contribution in [0.1, 0.15) is 36.3 Å². The Morgan fingerprint density at radius 3 is 2.85 bits per heavy atom. The van der Waals surface area contributed by atoms with E-state index in [-0.39, 0.29) is 0 Å². The molecular formula is C15H24N4O. The number of aromatic nitrogens is 1. The molecule has 5 heteroatoms. The van der Waals surface area contributed by atoms with E-state index in [0.29, 0.717) is 12.5 Å². The van der Waals surface area contributed by atoms with Crippen LogP contribution in [-0.2, 0) is 6.54 Å². The Morgan fingerprint density at radius 1 is 1.40 bits per heavy atom. The molecule has 2 N–H and O–H groups in total. The van der Waals surface area contributed by atoms with E-state index in [4.69, 9.17) is 4.52 Å². The zero-order chi connectivity index (χ0) is 14.4. The molecule has 110 valence electrons. The lowest BCUT2D eigenvalue weighted by Crippen LogP contribution is -2.39. The van der Waals surface area contributed by atoms with Crippen molar-refractivity contribution in [1.29, 1.82) is 0 Å². The molecule has 1 aliphatic carbocycles. The topological polar surface area (TPSA) is 62.5 Å². The van der Waals surface area contributed by atoms with Crippen LogP contribution in [0.25, 0.3) is 0 Å². The summed E-state index contributed by atoms with van der Waals surface area (Å²) in [5, 5.41) is 10.7. The summed E-state index contributed by atoms with van der Waals surface area (Å²) in [6.45, 7) is 5.54. The largest absolute Gasteiger partial charge is 0.361 e. The molecule has 0 spiro atoms. The van der Waals surface area contributed by atoms with Crippen molar-refractivity contribution in [2.75, 3.05) is 13.6 Å². The smallest absolute Gasteiger partial charge is 0.191 e. The van der Waals surface area contributed by atoms with Crippen molar-refractivity contribution in [2.45, 2.75) is 39.7 Å². The molecule has 0 fully saturated rings. The van der Waals surface area contributed by atoms with Gasteiger partial charge >= 0.3 is 0 Å². The molecule has 20 heavy (non-hydrogen) atoms. The van der Waals surface area contributed by atoms with E-state index in [1.165, 1.54) is 12.8 Å². The molecule has 0 saturated carbocycles. The summed E-state index contributed by atoms with van der Waals surface area (Å²) in [4.78, 5) is 4.26. The van der Waals surface area contributed by atoms with E-state index in [2.05, 4.69) is 32.9 Å². The Bertz CT molecular complexity index is 471. The zero-order valence-electron chi connectivity index (χ0n) is 12.6. The number of allylic oxidation sites excluding steroid dienone is 2. The van der Waals surface area contributed by atoms with Crippen molar-refractivity contribution in [3.8, 4) is 0 Å². The van der Waals surface area contributed by atoms with Crippen LogP contribution < -0.4 is 10.6 Å². The van der Waals surface area contributed by atoms with Gasteiger partial charge < -0.3 is 15.2 Å². The maximum Gasteiger partial charge on any atom is 0.191 e. The van der Waals surface area contributed by atoms with E-state index in [1.54, 1.807) is 7.05 Å². The Labute approximate surface area is 120 Å². The quantitative estimate of drug-likeness (QED) is 0.503. The standard InChI is InChI=1S/C15H24N4O/c1-11-14(12(2)20-19-11)10-18-15(16-3)17-9-13-7-5-4-6-8-13/h4-5,13H,6-10H2,1-3H3,(H2,16,17,18). The molecule has 5 nitrogen and oxygen atoms in total. The van der Waals surface area contributed by atoms with Crippen molar-refractivity contribution in [1.82, 2.24) is 15.8 Å². The molecule has 2 rings (SSSR count). The minimum atomic E-state index is 0.686. The van der Waals surface area contributed by atoms with Gasteiger partial charge in [-0.15, -0.1) is 0 Å². The highest BCUT2D eigenvalue weighted by Crippen LogP contribution is 2.16. The molecule has 1 unspecified atom stereocenters. The van der Waals surface area contributed by atoms with Gasteiger partial charge in [-0.3, -0.25) is 4.99 Å². The first-order chi connectivity index (χ1) is 9.70. The van der Waals surface area contributed by atoms with Crippen LogP contribution in [-0.4, -0.2) is 24.7 Å². The summed E-state index contributed by atoms with van der Waals surface area (Å²) in [7, 11) is 1.80. The van der Waals surface area contributed by atoms with Gasteiger partial charge in [0.05, 0.1) is 5.69 Å². The third-order valence-electron chi connectivity index (χ3n) is 3.77. The summed E-state index contributed by atoms with van der Waals surface area (Å²) in [6.07, 6.45) is 8.15. The highest BCUT2D eigenvalue weighted by molar-refractivity contribution is 5.79. The lowest BCUT2D eigenvalue weighted by molar-refractivity contribution is 0.392. The second kappa shape index (κ2) is 7.12. The fourth-order valence-electron chi connectivity index (χ4n) is 2.43. The van der Waals surface area contributed by atoms with Gasteiger partial charge in [0.15, 0.2) is 5.96 Å². The normalized spacial score (nSPS) is 19.1. The van der Waals surface area contributed by atoms with Crippen molar-refractivity contribution in [3.63, 3.8) is 0 Å². The van der Waals surface area contributed by atoms with Crippen LogP contribution >= 0.6 is 0 Å². The van der Waals surface area contributed by atoms with Crippen LogP contribution in [0.3, 0.4) is 0 Å². The highest BCUT2D eigenvalue weighted by Gasteiger charge is 2.12. The molecule has 0 saturated heterocycles. The van der Waals surface area contributed by atoms with Crippen molar-refractivity contribution in [2.24, 2.45) is 10.9 Å². The van der Waals surface area contributed by atoms with Gasteiger partial charge in [0, 0.05) is 25.7 Å². The maximum atomic E-state index is 5.16. The van der Waals surface area contributed by atoms with Gasteiger partial charge in [-0.1, -0.05) is 17.3 Å². The molecule has 0 radical (unpaired) electrons. The summed E-state index contributed by atoms with van der Waals surface area (Å²) >= 11 is 0. The summed E-state index contributed by atoms with van der Waals surface area (Å²) in [5.74, 6) is 2.40. The molecular weight excluding hydrogens is 252 g/mol. The first kappa shape index (κ1) is 14.6. The van der Waals surface area contributed by atoms with E-state index in [9.17, 15) is 0 Å². The van der Waals surface area contributed by atoms with Crippen LogP contribution in [0.5, 0.6) is 0 Å². The number of nitrogens with one attached hydrogen (secondary N) is 2. The SMILES string of the molecule is CN=C(NCc1c(C)noc1C)NCC1CC=CCC1. The third-order valence-corrected chi connectivity index (χ3v) is 3.77.